The average Bonchev–Trinajstić information content (AvgIpc) is 2.78. The standard InChI is InChI=1S/C14H18BrN3O/c1-11(19-14-6-4-3-5-13(14)15)7-16-8-12-9-17-18(2)10-12/h3-6,9-11,16H,7-8H2,1-2H3/t11-/m0/s1. The first-order valence-corrected chi connectivity index (χ1v) is 7.04. The largest absolute Gasteiger partial charge is 0.488 e. The Kier molecular flexibility index (Phi) is 4.99. The monoisotopic (exact) mass is 323 g/mol. The van der Waals surface area contributed by atoms with Gasteiger partial charge in [-0.25, -0.2) is 0 Å². The van der Waals surface area contributed by atoms with Crippen molar-refractivity contribution in [1.29, 1.82) is 0 Å². The van der Waals surface area contributed by atoms with Crippen LogP contribution in [0.25, 0.3) is 0 Å². The van der Waals surface area contributed by atoms with Gasteiger partial charge in [-0.05, 0) is 35.0 Å². The van der Waals surface area contributed by atoms with E-state index >= 15 is 0 Å². The van der Waals surface area contributed by atoms with Crippen molar-refractivity contribution in [1.82, 2.24) is 15.1 Å². The molecule has 0 fully saturated rings. The molecule has 0 unspecified atom stereocenters. The summed E-state index contributed by atoms with van der Waals surface area (Å²) in [4.78, 5) is 0. The van der Waals surface area contributed by atoms with E-state index in [-0.39, 0.29) is 6.10 Å². The van der Waals surface area contributed by atoms with Gasteiger partial charge in [0.1, 0.15) is 11.9 Å². The SMILES string of the molecule is C[C@@H](CNCc1cnn(C)c1)Oc1ccccc1Br. The zero-order chi connectivity index (χ0) is 13.7. The predicted octanol–water partition coefficient (Wildman–Crippen LogP) is 2.74. The van der Waals surface area contributed by atoms with Crippen molar-refractivity contribution in [3.05, 3.63) is 46.7 Å². The molecule has 1 aromatic heterocycles. The van der Waals surface area contributed by atoms with Crippen molar-refractivity contribution >= 4 is 15.9 Å². The molecular weight excluding hydrogens is 306 g/mol. The van der Waals surface area contributed by atoms with E-state index in [0.717, 1.165) is 23.3 Å². The van der Waals surface area contributed by atoms with E-state index in [1.54, 1.807) is 4.68 Å². The predicted molar refractivity (Wildman–Crippen MR) is 79.1 cm³/mol. The third-order valence-corrected chi connectivity index (χ3v) is 3.34. The van der Waals surface area contributed by atoms with Crippen LogP contribution in [0.2, 0.25) is 0 Å². The lowest BCUT2D eigenvalue weighted by atomic mass is 10.3. The molecule has 0 aliphatic carbocycles. The molecule has 4 nitrogen and oxygen atoms in total. The van der Waals surface area contributed by atoms with Crippen LogP contribution in [0, 0.1) is 0 Å². The number of hydrogen-bond acceptors (Lipinski definition) is 3. The van der Waals surface area contributed by atoms with E-state index in [4.69, 9.17) is 4.74 Å². The molecule has 2 rings (SSSR count). The summed E-state index contributed by atoms with van der Waals surface area (Å²) in [6.07, 6.45) is 3.98. The lowest BCUT2D eigenvalue weighted by Crippen LogP contribution is -2.28. The van der Waals surface area contributed by atoms with Gasteiger partial charge in [0.25, 0.3) is 0 Å². The zero-order valence-corrected chi connectivity index (χ0v) is 12.7. The van der Waals surface area contributed by atoms with Gasteiger partial charge < -0.3 is 10.1 Å². The fourth-order valence-electron chi connectivity index (χ4n) is 1.78. The van der Waals surface area contributed by atoms with Gasteiger partial charge in [0.05, 0.1) is 10.7 Å². The van der Waals surface area contributed by atoms with Crippen molar-refractivity contribution in [2.24, 2.45) is 7.05 Å². The summed E-state index contributed by atoms with van der Waals surface area (Å²) in [5, 5.41) is 7.49. The van der Waals surface area contributed by atoms with Gasteiger partial charge in [0, 0.05) is 31.9 Å². The minimum atomic E-state index is 0.107. The van der Waals surface area contributed by atoms with E-state index in [1.807, 2.05) is 43.7 Å². The fourth-order valence-corrected chi connectivity index (χ4v) is 2.16. The Hall–Kier alpha value is -1.33. The summed E-state index contributed by atoms with van der Waals surface area (Å²) < 4.78 is 8.64. The Balaban J connectivity index is 1.76. The summed E-state index contributed by atoms with van der Waals surface area (Å²) in [6, 6.07) is 7.88. The maximum atomic E-state index is 5.86. The van der Waals surface area contributed by atoms with Gasteiger partial charge >= 0.3 is 0 Å². The molecule has 0 bridgehead atoms. The molecule has 0 saturated carbocycles. The number of nitrogens with one attached hydrogen (secondary N) is 1. The maximum Gasteiger partial charge on any atom is 0.133 e. The highest BCUT2D eigenvalue weighted by atomic mass is 79.9. The van der Waals surface area contributed by atoms with E-state index in [0.29, 0.717) is 0 Å². The molecule has 0 saturated heterocycles. The minimum absolute atomic E-state index is 0.107. The number of ether oxygens (including phenoxy) is 1. The Morgan fingerprint density at radius 3 is 2.89 bits per heavy atom. The van der Waals surface area contributed by atoms with Gasteiger partial charge in [-0.2, -0.15) is 5.10 Å². The summed E-state index contributed by atoms with van der Waals surface area (Å²) in [5.41, 5.74) is 1.18. The smallest absolute Gasteiger partial charge is 0.133 e. The molecule has 5 heteroatoms. The van der Waals surface area contributed by atoms with Gasteiger partial charge in [-0.1, -0.05) is 12.1 Å². The summed E-state index contributed by atoms with van der Waals surface area (Å²) in [6.45, 7) is 3.64. The molecule has 1 N–H and O–H groups in total. The normalized spacial score (nSPS) is 12.4. The van der Waals surface area contributed by atoms with Crippen LogP contribution in [0.5, 0.6) is 5.75 Å². The lowest BCUT2D eigenvalue weighted by molar-refractivity contribution is 0.215. The third-order valence-electron chi connectivity index (χ3n) is 2.68. The second-order valence-electron chi connectivity index (χ2n) is 4.51. The van der Waals surface area contributed by atoms with Crippen molar-refractivity contribution in [3.8, 4) is 5.75 Å². The van der Waals surface area contributed by atoms with Gasteiger partial charge in [-0.15, -0.1) is 0 Å². The number of halogens is 1. The Bertz CT molecular complexity index is 527. The van der Waals surface area contributed by atoms with Crippen LogP contribution < -0.4 is 10.1 Å². The quantitative estimate of drug-likeness (QED) is 0.888. The molecule has 2 aromatic rings. The van der Waals surface area contributed by atoms with Crippen LogP contribution in [0.4, 0.5) is 0 Å². The summed E-state index contributed by atoms with van der Waals surface area (Å²) in [7, 11) is 1.92. The molecule has 0 spiro atoms. The number of aromatic nitrogens is 2. The molecule has 1 aromatic carbocycles. The van der Waals surface area contributed by atoms with Crippen molar-refractivity contribution in [2.75, 3.05) is 6.54 Å². The molecular formula is C14H18BrN3O. The first-order valence-electron chi connectivity index (χ1n) is 6.24. The topological polar surface area (TPSA) is 39.1 Å². The minimum Gasteiger partial charge on any atom is -0.488 e. The van der Waals surface area contributed by atoms with Crippen LogP contribution in [0.3, 0.4) is 0 Å². The number of hydrogen-bond donors (Lipinski definition) is 1. The highest BCUT2D eigenvalue weighted by Crippen LogP contribution is 2.24. The molecule has 0 radical (unpaired) electrons. The summed E-state index contributed by atoms with van der Waals surface area (Å²) >= 11 is 3.48. The molecule has 102 valence electrons. The first kappa shape index (κ1) is 14.1. The number of para-hydroxylation sites is 1. The summed E-state index contributed by atoms with van der Waals surface area (Å²) in [5.74, 6) is 0.873. The molecule has 1 atom stereocenters. The number of rotatable bonds is 6. The highest BCUT2D eigenvalue weighted by molar-refractivity contribution is 9.10. The Morgan fingerprint density at radius 1 is 1.42 bits per heavy atom. The highest BCUT2D eigenvalue weighted by Gasteiger charge is 2.06. The first-order chi connectivity index (χ1) is 9.15. The van der Waals surface area contributed by atoms with E-state index in [9.17, 15) is 0 Å². The molecule has 1 heterocycles. The average molecular weight is 324 g/mol. The number of nitrogens with zero attached hydrogens (tertiary/aromatic N) is 2. The van der Waals surface area contributed by atoms with E-state index in [2.05, 4.69) is 33.3 Å². The molecule has 0 amide bonds. The third kappa shape index (κ3) is 4.36. The molecule has 19 heavy (non-hydrogen) atoms. The fraction of sp³-hybridized carbons (Fsp3) is 0.357. The second-order valence-corrected chi connectivity index (χ2v) is 5.37. The second kappa shape index (κ2) is 6.73. The van der Waals surface area contributed by atoms with Gasteiger partial charge in [0.15, 0.2) is 0 Å². The van der Waals surface area contributed by atoms with Crippen LogP contribution >= 0.6 is 15.9 Å². The van der Waals surface area contributed by atoms with Crippen LogP contribution in [-0.2, 0) is 13.6 Å². The molecule has 0 aliphatic heterocycles. The van der Waals surface area contributed by atoms with Crippen molar-refractivity contribution in [3.63, 3.8) is 0 Å². The van der Waals surface area contributed by atoms with Crippen molar-refractivity contribution in [2.45, 2.75) is 19.6 Å². The molecule has 0 aliphatic rings. The van der Waals surface area contributed by atoms with Gasteiger partial charge in [-0.3, -0.25) is 4.68 Å². The Morgan fingerprint density at radius 2 is 2.21 bits per heavy atom. The Labute approximate surface area is 121 Å². The zero-order valence-electron chi connectivity index (χ0n) is 11.1. The van der Waals surface area contributed by atoms with Crippen LogP contribution in [0.1, 0.15) is 12.5 Å². The van der Waals surface area contributed by atoms with E-state index in [1.165, 1.54) is 5.56 Å². The van der Waals surface area contributed by atoms with Crippen molar-refractivity contribution < 1.29 is 4.74 Å². The van der Waals surface area contributed by atoms with Gasteiger partial charge in [0.2, 0.25) is 0 Å². The van der Waals surface area contributed by atoms with E-state index < -0.39 is 0 Å². The van der Waals surface area contributed by atoms with Crippen LogP contribution in [-0.4, -0.2) is 22.4 Å². The number of benzene rings is 1. The lowest BCUT2D eigenvalue weighted by Gasteiger charge is -2.16. The number of aryl methyl sites for hydroxylation is 1. The maximum absolute atomic E-state index is 5.86. The van der Waals surface area contributed by atoms with Crippen LogP contribution in [0.15, 0.2) is 41.1 Å².